The summed E-state index contributed by atoms with van der Waals surface area (Å²) in [6.07, 6.45) is 1.30. The molecule has 0 radical (unpaired) electrons. The van der Waals surface area contributed by atoms with E-state index in [0.717, 1.165) is 19.0 Å². The van der Waals surface area contributed by atoms with Gasteiger partial charge in [-0.05, 0) is 24.3 Å². The van der Waals surface area contributed by atoms with Crippen molar-refractivity contribution in [1.29, 1.82) is 0 Å². The Hall–Kier alpha value is -0.410. The Kier molecular flexibility index (Phi) is 3.36. The largest absolute Gasteiger partial charge is 0.311 e. The molecule has 1 heterocycles. The summed E-state index contributed by atoms with van der Waals surface area (Å²) in [5.41, 5.74) is 1.71. The van der Waals surface area contributed by atoms with Crippen molar-refractivity contribution in [2.45, 2.75) is 46.6 Å². The van der Waals surface area contributed by atoms with Gasteiger partial charge in [-0.2, -0.15) is 0 Å². The Morgan fingerprint density at radius 3 is 2.81 bits per heavy atom. The summed E-state index contributed by atoms with van der Waals surface area (Å²) in [7, 11) is 0. The summed E-state index contributed by atoms with van der Waals surface area (Å²) in [6, 6.07) is 0. The summed E-state index contributed by atoms with van der Waals surface area (Å²) < 4.78 is 0. The average Bonchev–Trinajstić information content (AvgIpc) is 2.60. The quantitative estimate of drug-likeness (QED) is 0.850. The van der Waals surface area contributed by atoms with Gasteiger partial charge in [-0.1, -0.05) is 27.7 Å². The highest BCUT2D eigenvalue weighted by Gasteiger charge is 2.48. The average molecular weight is 238 g/mol. The molecule has 1 aliphatic carbocycles. The number of hydrogen-bond donors (Lipinski definition) is 1. The molecule has 2 nitrogen and oxygen atoms in total. The van der Waals surface area contributed by atoms with E-state index in [2.05, 4.69) is 38.4 Å². The molecule has 0 bridgehead atoms. The van der Waals surface area contributed by atoms with Crippen molar-refractivity contribution >= 4 is 11.3 Å². The number of nitrogens with zero attached hydrogens (tertiary/aromatic N) is 1. The first kappa shape index (κ1) is 12.1. The van der Waals surface area contributed by atoms with Gasteiger partial charge >= 0.3 is 0 Å². The number of nitrogens with one attached hydrogen (secondary N) is 1. The second kappa shape index (κ2) is 4.46. The molecule has 1 atom stereocenters. The molecule has 2 rings (SSSR count). The molecule has 1 N–H and O–H groups in total. The maximum Gasteiger partial charge on any atom is 0.0965 e. The van der Waals surface area contributed by atoms with Crippen LogP contribution in [0.5, 0.6) is 0 Å². The van der Waals surface area contributed by atoms with Crippen LogP contribution in [0.2, 0.25) is 0 Å². The third kappa shape index (κ3) is 2.83. The molecule has 1 fully saturated rings. The van der Waals surface area contributed by atoms with Crippen LogP contribution in [0.3, 0.4) is 0 Å². The summed E-state index contributed by atoms with van der Waals surface area (Å²) in [6.45, 7) is 11.1. The van der Waals surface area contributed by atoms with Crippen LogP contribution in [0.15, 0.2) is 5.38 Å². The van der Waals surface area contributed by atoms with Crippen LogP contribution in [-0.4, -0.2) is 11.5 Å². The van der Waals surface area contributed by atoms with Crippen molar-refractivity contribution < 1.29 is 0 Å². The highest BCUT2D eigenvalue weighted by Crippen LogP contribution is 2.59. The van der Waals surface area contributed by atoms with Crippen LogP contribution in [0.1, 0.15) is 50.7 Å². The SMILES string of the molecule is CC(C)CNCc1csc(C2CC2(C)C)n1. The Labute approximate surface area is 102 Å². The zero-order valence-electron chi connectivity index (χ0n) is 10.7. The summed E-state index contributed by atoms with van der Waals surface area (Å²) in [5, 5.41) is 6.98. The van der Waals surface area contributed by atoms with Gasteiger partial charge in [0.15, 0.2) is 0 Å². The summed E-state index contributed by atoms with van der Waals surface area (Å²) in [5.74, 6) is 1.43. The van der Waals surface area contributed by atoms with Crippen molar-refractivity contribution in [1.82, 2.24) is 10.3 Å². The normalized spacial score (nSPS) is 22.7. The van der Waals surface area contributed by atoms with Gasteiger partial charge in [0.25, 0.3) is 0 Å². The Morgan fingerprint density at radius 2 is 2.25 bits per heavy atom. The van der Waals surface area contributed by atoms with E-state index in [9.17, 15) is 0 Å². The lowest BCUT2D eigenvalue weighted by atomic mass is 10.1. The minimum absolute atomic E-state index is 0.500. The first-order valence-electron chi connectivity index (χ1n) is 6.14. The van der Waals surface area contributed by atoms with Crippen LogP contribution in [0.25, 0.3) is 0 Å². The van der Waals surface area contributed by atoms with Gasteiger partial charge in [-0.25, -0.2) is 4.98 Å². The molecule has 3 heteroatoms. The lowest BCUT2D eigenvalue weighted by Crippen LogP contribution is -2.19. The molecule has 0 spiro atoms. The molecule has 90 valence electrons. The monoisotopic (exact) mass is 238 g/mol. The molecule has 0 amide bonds. The van der Waals surface area contributed by atoms with Crippen molar-refractivity contribution in [3.8, 4) is 0 Å². The van der Waals surface area contributed by atoms with Crippen molar-refractivity contribution in [3.63, 3.8) is 0 Å². The van der Waals surface area contributed by atoms with Gasteiger partial charge in [-0.15, -0.1) is 11.3 Å². The Bertz CT molecular complexity index is 355. The van der Waals surface area contributed by atoms with E-state index >= 15 is 0 Å². The zero-order chi connectivity index (χ0) is 11.8. The molecule has 1 aliphatic rings. The predicted octanol–water partition coefficient (Wildman–Crippen LogP) is 3.40. The molecule has 1 aromatic heterocycles. The number of rotatable bonds is 5. The van der Waals surface area contributed by atoms with E-state index in [0.29, 0.717) is 11.3 Å². The van der Waals surface area contributed by atoms with E-state index in [1.165, 1.54) is 17.1 Å². The lowest BCUT2D eigenvalue weighted by molar-refractivity contribution is 0.548. The minimum Gasteiger partial charge on any atom is -0.311 e. The van der Waals surface area contributed by atoms with Gasteiger partial charge in [0.2, 0.25) is 0 Å². The van der Waals surface area contributed by atoms with E-state index in [-0.39, 0.29) is 0 Å². The molecule has 1 saturated carbocycles. The fourth-order valence-corrected chi connectivity index (χ4v) is 3.07. The summed E-state index contributed by atoms with van der Waals surface area (Å²) >= 11 is 1.83. The van der Waals surface area contributed by atoms with Gasteiger partial charge in [-0.3, -0.25) is 0 Å². The lowest BCUT2D eigenvalue weighted by Gasteiger charge is -2.04. The zero-order valence-corrected chi connectivity index (χ0v) is 11.5. The fraction of sp³-hybridized carbons (Fsp3) is 0.769. The smallest absolute Gasteiger partial charge is 0.0965 e. The van der Waals surface area contributed by atoms with Gasteiger partial charge < -0.3 is 5.32 Å². The van der Waals surface area contributed by atoms with Gasteiger partial charge in [0, 0.05) is 17.8 Å². The van der Waals surface area contributed by atoms with Gasteiger partial charge in [0.05, 0.1) is 10.7 Å². The fourth-order valence-electron chi connectivity index (χ4n) is 1.94. The van der Waals surface area contributed by atoms with Crippen molar-refractivity contribution in [3.05, 3.63) is 16.1 Å². The highest BCUT2D eigenvalue weighted by molar-refractivity contribution is 7.09. The third-order valence-electron chi connectivity index (χ3n) is 3.24. The standard InChI is InChI=1S/C13H22N2S/c1-9(2)6-14-7-10-8-16-12(15-10)11-5-13(11,3)4/h8-9,11,14H,5-7H2,1-4H3. The molecule has 1 aromatic rings. The topological polar surface area (TPSA) is 24.9 Å². The molecular formula is C13H22N2S. The van der Waals surface area contributed by atoms with Crippen molar-refractivity contribution in [2.75, 3.05) is 6.54 Å². The third-order valence-corrected chi connectivity index (χ3v) is 4.25. The molecular weight excluding hydrogens is 216 g/mol. The van der Waals surface area contributed by atoms with E-state index in [4.69, 9.17) is 4.98 Å². The first-order valence-corrected chi connectivity index (χ1v) is 7.02. The number of hydrogen-bond acceptors (Lipinski definition) is 3. The Morgan fingerprint density at radius 1 is 1.56 bits per heavy atom. The second-order valence-corrected chi connectivity index (χ2v) is 6.84. The van der Waals surface area contributed by atoms with E-state index < -0.39 is 0 Å². The first-order chi connectivity index (χ1) is 7.49. The van der Waals surface area contributed by atoms with Crippen LogP contribution in [0.4, 0.5) is 0 Å². The van der Waals surface area contributed by atoms with E-state index in [1.807, 2.05) is 11.3 Å². The Balaban J connectivity index is 1.84. The second-order valence-electron chi connectivity index (χ2n) is 5.95. The maximum absolute atomic E-state index is 4.72. The number of thiazole rings is 1. The van der Waals surface area contributed by atoms with Crippen LogP contribution < -0.4 is 5.32 Å². The molecule has 0 aliphatic heterocycles. The minimum atomic E-state index is 0.500. The van der Waals surface area contributed by atoms with E-state index in [1.54, 1.807) is 0 Å². The molecule has 0 aromatic carbocycles. The maximum atomic E-state index is 4.72. The number of aromatic nitrogens is 1. The van der Waals surface area contributed by atoms with Gasteiger partial charge in [0.1, 0.15) is 0 Å². The molecule has 0 saturated heterocycles. The molecule has 1 unspecified atom stereocenters. The molecule has 16 heavy (non-hydrogen) atoms. The predicted molar refractivity (Wildman–Crippen MR) is 69.8 cm³/mol. The van der Waals surface area contributed by atoms with Crippen LogP contribution in [0, 0.1) is 11.3 Å². The van der Waals surface area contributed by atoms with Crippen LogP contribution >= 0.6 is 11.3 Å². The highest BCUT2D eigenvalue weighted by atomic mass is 32.1. The van der Waals surface area contributed by atoms with Crippen molar-refractivity contribution in [2.24, 2.45) is 11.3 Å². The van der Waals surface area contributed by atoms with Crippen LogP contribution in [-0.2, 0) is 6.54 Å². The summed E-state index contributed by atoms with van der Waals surface area (Å²) in [4.78, 5) is 4.72.